The van der Waals surface area contributed by atoms with E-state index in [1.807, 2.05) is 0 Å². The molecule has 3 N–H and O–H groups in total. The third-order valence-corrected chi connectivity index (χ3v) is 2.73. The minimum atomic E-state index is -0.751. The lowest BCUT2D eigenvalue weighted by molar-refractivity contribution is 0.415. The summed E-state index contributed by atoms with van der Waals surface area (Å²) >= 11 is 10.3. The van der Waals surface area contributed by atoms with Crippen LogP contribution in [-0.4, -0.2) is 5.11 Å². The Morgan fingerprint density at radius 1 is 1.20 bits per heavy atom. The monoisotopic (exact) mass is 314 g/mol. The molecule has 2 aromatic rings. The van der Waals surface area contributed by atoms with E-state index >= 15 is 0 Å². The quantitative estimate of drug-likeness (QED) is 0.839. The van der Waals surface area contributed by atoms with Crippen LogP contribution in [0.2, 0.25) is 5.02 Å². The van der Waals surface area contributed by atoms with Crippen LogP contribution in [0.15, 0.2) is 36.4 Å². The first kappa shape index (κ1) is 14.5. The van der Waals surface area contributed by atoms with Crippen molar-refractivity contribution in [2.75, 3.05) is 5.32 Å². The third-order valence-electron chi connectivity index (χ3n) is 2.34. The predicted octanol–water partition coefficient (Wildman–Crippen LogP) is 4.07. The summed E-state index contributed by atoms with van der Waals surface area (Å²) in [6.07, 6.45) is 0. The molecule has 0 aliphatic rings. The minimum Gasteiger partial charge on any atom is -0.451 e. The lowest BCUT2D eigenvalue weighted by atomic mass is 10.3. The SMILES string of the molecule is NC(=S)Nc1ccc(Oc2cccc(Cl)c2F)c(F)c1. The second-order valence-corrected chi connectivity index (χ2v) is 4.64. The maximum atomic E-state index is 13.8. The normalized spacial score (nSPS) is 10.2. The van der Waals surface area contributed by atoms with Gasteiger partial charge < -0.3 is 15.8 Å². The fourth-order valence-corrected chi connectivity index (χ4v) is 1.77. The molecule has 104 valence electrons. The van der Waals surface area contributed by atoms with Crippen LogP contribution in [0.1, 0.15) is 0 Å². The molecule has 0 fully saturated rings. The first-order chi connectivity index (χ1) is 9.47. The van der Waals surface area contributed by atoms with E-state index in [9.17, 15) is 8.78 Å². The molecule has 0 radical (unpaired) electrons. The van der Waals surface area contributed by atoms with Gasteiger partial charge in [0.2, 0.25) is 0 Å². The van der Waals surface area contributed by atoms with Crippen LogP contribution in [0.3, 0.4) is 0 Å². The van der Waals surface area contributed by atoms with Crippen molar-refractivity contribution in [3.05, 3.63) is 53.1 Å². The number of hydrogen-bond donors (Lipinski definition) is 2. The molecule has 0 saturated carbocycles. The maximum absolute atomic E-state index is 13.8. The number of halogens is 3. The summed E-state index contributed by atoms with van der Waals surface area (Å²) in [5, 5.41) is 2.49. The van der Waals surface area contributed by atoms with Gasteiger partial charge in [-0.3, -0.25) is 0 Å². The van der Waals surface area contributed by atoms with E-state index in [2.05, 4.69) is 17.5 Å². The van der Waals surface area contributed by atoms with Crippen molar-refractivity contribution in [1.82, 2.24) is 0 Å². The smallest absolute Gasteiger partial charge is 0.184 e. The van der Waals surface area contributed by atoms with Crippen molar-refractivity contribution in [2.45, 2.75) is 0 Å². The summed E-state index contributed by atoms with van der Waals surface area (Å²) in [5.41, 5.74) is 5.64. The number of nitrogens with one attached hydrogen (secondary N) is 1. The van der Waals surface area contributed by atoms with E-state index in [0.717, 1.165) is 6.07 Å². The largest absolute Gasteiger partial charge is 0.451 e. The number of hydrogen-bond acceptors (Lipinski definition) is 2. The van der Waals surface area contributed by atoms with Gasteiger partial charge in [0.25, 0.3) is 0 Å². The summed E-state index contributed by atoms with van der Waals surface area (Å²) in [5.74, 6) is -1.74. The fourth-order valence-electron chi connectivity index (χ4n) is 1.48. The zero-order chi connectivity index (χ0) is 14.7. The molecular weight excluding hydrogens is 306 g/mol. The van der Waals surface area contributed by atoms with Gasteiger partial charge in [-0.2, -0.15) is 0 Å². The van der Waals surface area contributed by atoms with Crippen LogP contribution in [0.4, 0.5) is 14.5 Å². The Hall–Kier alpha value is -1.92. The molecule has 0 unspecified atom stereocenters. The van der Waals surface area contributed by atoms with Crippen molar-refractivity contribution < 1.29 is 13.5 Å². The zero-order valence-corrected chi connectivity index (χ0v) is 11.6. The molecule has 0 atom stereocenters. The molecule has 0 aliphatic heterocycles. The number of rotatable bonds is 3. The van der Waals surface area contributed by atoms with Crippen LogP contribution >= 0.6 is 23.8 Å². The molecule has 20 heavy (non-hydrogen) atoms. The Labute approximate surface area is 124 Å². The summed E-state index contributed by atoms with van der Waals surface area (Å²) in [4.78, 5) is 0. The number of nitrogens with two attached hydrogens (primary N) is 1. The van der Waals surface area contributed by atoms with Gasteiger partial charge in [0.1, 0.15) is 0 Å². The highest BCUT2D eigenvalue weighted by Crippen LogP contribution is 2.31. The fraction of sp³-hybridized carbons (Fsp3) is 0. The molecule has 0 saturated heterocycles. The van der Waals surface area contributed by atoms with Gasteiger partial charge in [0, 0.05) is 11.8 Å². The van der Waals surface area contributed by atoms with Crippen LogP contribution in [0, 0.1) is 11.6 Å². The summed E-state index contributed by atoms with van der Waals surface area (Å²) < 4.78 is 32.6. The number of benzene rings is 2. The van der Waals surface area contributed by atoms with Gasteiger partial charge in [0.05, 0.1) is 5.02 Å². The molecule has 2 rings (SSSR count). The average Bonchev–Trinajstić information content (AvgIpc) is 2.37. The highest BCUT2D eigenvalue weighted by Gasteiger charge is 2.11. The lowest BCUT2D eigenvalue weighted by Crippen LogP contribution is -2.18. The minimum absolute atomic E-state index is 0.0129. The average molecular weight is 315 g/mol. The Morgan fingerprint density at radius 3 is 2.60 bits per heavy atom. The molecule has 0 aromatic heterocycles. The summed E-state index contributed by atoms with van der Waals surface area (Å²) in [6, 6.07) is 8.19. The lowest BCUT2D eigenvalue weighted by Gasteiger charge is -2.10. The van der Waals surface area contributed by atoms with Crippen LogP contribution in [0.5, 0.6) is 11.5 Å². The first-order valence-corrected chi connectivity index (χ1v) is 6.24. The molecular formula is C13H9ClF2N2OS. The standard InChI is InChI=1S/C13H9ClF2N2OS/c14-8-2-1-3-11(12(8)16)19-10-5-4-7(6-9(10)15)18-13(17)20/h1-6H,(H3,17,18,20). The van der Waals surface area contributed by atoms with Crippen molar-refractivity contribution in [2.24, 2.45) is 5.73 Å². The Morgan fingerprint density at radius 2 is 1.95 bits per heavy atom. The highest BCUT2D eigenvalue weighted by molar-refractivity contribution is 7.80. The van der Waals surface area contributed by atoms with Gasteiger partial charge in [-0.1, -0.05) is 17.7 Å². The van der Waals surface area contributed by atoms with Gasteiger partial charge >= 0.3 is 0 Å². The number of ether oxygens (including phenoxy) is 1. The van der Waals surface area contributed by atoms with E-state index in [4.69, 9.17) is 22.1 Å². The van der Waals surface area contributed by atoms with Crippen molar-refractivity contribution in [3.63, 3.8) is 0 Å². The summed E-state index contributed by atoms with van der Waals surface area (Å²) in [7, 11) is 0. The van der Waals surface area contributed by atoms with E-state index in [-0.39, 0.29) is 21.6 Å². The van der Waals surface area contributed by atoms with Gasteiger partial charge in [-0.05, 0) is 36.5 Å². The van der Waals surface area contributed by atoms with Crippen molar-refractivity contribution in [1.29, 1.82) is 0 Å². The van der Waals surface area contributed by atoms with Crippen molar-refractivity contribution >= 4 is 34.6 Å². The zero-order valence-electron chi connectivity index (χ0n) is 9.99. The van der Waals surface area contributed by atoms with Gasteiger partial charge in [-0.15, -0.1) is 0 Å². The third kappa shape index (κ3) is 3.34. The van der Waals surface area contributed by atoms with Gasteiger partial charge in [-0.25, -0.2) is 8.78 Å². The molecule has 0 heterocycles. The molecule has 0 aliphatic carbocycles. The highest BCUT2D eigenvalue weighted by atomic mass is 35.5. The molecule has 0 bridgehead atoms. The van der Waals surface area contributed by atoms with E-state index in [1.54, 1.807) is 0 Å². The first-order valence-electron chi connectivity index (χ1n) is 5.45. The van der Waals surface area contributed by atoms with Crippen LogP contribution in [-0.2, 0) is 0 Å². The van der Waals surface area contributed by atoms with E-state index in [0.29, 0.717) is 5.69 Å². The molecule has 7 heteroatoms. The second kappa shape index (κ2) is 6.02. The van der Waals surface area contributed by atoms with E-state index < -0.39 is 11.6 Å². The Bertz CT molecular complexity index is 667. The Balaban J connectivity index is 2.26. The predicted molar refractivity (Wildman–Crippen MR) is 78.3 cm³/mol. The molecule has 0 spiro atoms. The molecule has 2 aromatic carbocycles. The van der Waals surface area contributed by atoms with Gasteiger partial charge in [0.15, 0.2) is 28.2 Å². The molecule has 3 nitrogen and oxygen atoms in total. The maximum Gasteiger partial charge on any atom is 0.184 e. The second-order valence-electron chi connectivity index (χ2n) is 3.79. The van der Waals surface area contributed by atoms with Crippen LogP contribution < -0.4 is 15.8 Å². The number of anilines is 1. The number of thiocarbonyl (C=S) groups is 1. The van der Waals surface area contributed by atoms with Crippen LogP contribution in [0.25, 0.3) is 0 Å². The van der Waals surface area contributed by atoms with Crippen molar-refractivity contribution in [3.8, 4) is 11.5 Å². The topological polar surface area (TPSA) is 47.3 Å². The molecule has 0 amide bonds. The summed E-state index contributed by atoms with van der Waals surface area (Å²) in [6.45, 7) is 0. The van der Waals surface area contributed by atoms with E-state index in [1.165, 1.54) is 30.3 Å². The Kier molecular flexibility index (Phi) is 4.36.